The predicted octanol–water partition coefficient (Wildman–Crippen LogP) is 8.30. The van der Waals surface area contributed by atoms with Crippen molar-refractivity contribution in [2.24, 2.45) is 52.3 Å². The SMILES string of the molecule is CC(=O)OCC(C)CC(O)C(NCCc1c[nH]c2ccccc12)[C@@H](C)[C@H]1CC[C@H]2[C@@H]3CCC4CCCC[C@]4(C)[C@H]3CC[C@]12C. The van der Waals surface area contributed by atoms with Gasteiger partial charge in [-0.25, -0.2) is 0 Å². The number of hydrogen-bond donors (Lipinski definition) is 3. The molecule has 4 unspecified atom stereocenters. The highest BCUT2D eigenvalue weighted by atomic mass is 16.5. The van der Waals surface area contributed by atoms with Crippen molar-refractivity contribution in [3.63, 3.8) is 0 Å². The first kappa shape index (κ1) is 32.1. The largest absolute Gasteiger partial charge is 0.466 e. The quantitative estimate of drug-likeness (QED) is 0.226. The number of fused-ring (bicyclic) bond motifs is 6. The lowest BCUT2D eigenvalue weighted by molar-refractivity contribution is -0.142. The summed E-state index contributed by atoms with van der Waals surface area (Å²) in [5, 5.41) is 17.0. The van der Waals surface area contributed by atoms with E-state index in [0.717, 1.165) is 36.6 Å². The molecule has 5 nitrogen and oxygen atoms in total. The van der Waals surface area contributed by atoms with Crippen LogP contribution >= 0.6 is 0 Å². The Labute approximate surface area is 266 Å². The van der Waals surface area contributed by atoms with E-state index in [2.05, 4.69) is 68.5 Å². The third-order valence-electron chi connectivity index (χ3n) is 13.9. The lowest BCUT2D eigenvalue weighted by Gasteiger charge is -2.61. The van der Waals surface area contributed by atoms with Crippen LogP contribution in [-0.2, 0) is 16.0 Å². The van der Waals surface area contributed by atoms with Crippen LogP contribution in [-0.4, -0.2) is 41.4 Å². The van der Waals surface area contributed by atoms with Gasteiger partial charge in [0.2, 0.25) is 0 Å². The fourth-order valence-electron chi connectivity index (χ4n) is 11.7. The van der Waals surface area contributed by atoms with Crippen LogP contribution in [0.4, 0.5) is 0 Å². The number of carbonyl (C=O) groups excluding carboxylic acids is 1. The number of esters is 1. The Kier molecular flexibility index (Phi) is 9.56. The maximum atomic E-state index is 11.8. The van der Waals surface area contributed by atoms with Crippen molar-refractivity contribution < 1.29 is 14.6 Å². The number of H-pyrrole nitrogens is 1. The normalized spacial score (nSPS) is 36.1. The Morgan fingerprint density at radius 2 is 1.82 bits per heavy atom. The molecule has 44 heavy (non-hydrogen) atoms. The number of benzene rings is 1. The van der Waals surface area contributed by atoms with Crippen LogP contribution in [0.2, 0.25) is 0 Å². The van der Waals surface area contributed by atoms with Crippen LogP contribution < -0.4 is 5.32 Å². The van der Waals surface area contributed by atoms with Gasteiger partial charge in [-0.05, 0) is 135 Å². The van der Waals surface area contributed by atoms with Gasteiger partial charge >= 0.3 is 5.97 Å². The van der Waals surface area contributed by atoms with Crippen molar-refractivity contribution in [2.75, 3.05) is 13.2 Å². The molecule has 3 N–H and O–H groups in total. The molecule has 0 spiro atoms. The first-order valence-corrected chi connectivity index (χ1v) is 18.2. The van der Waals surface area contributed by atoms with E-state index >= 15 is 0 Å². The Hall–Kier alpha value is -1.85. The highest BCUT2D eigenvalue weighted by molar-refractivity contribution is 5.83. The molecule has 0 amide bonds. The van der Waals surface area contributed by atoms with Crippen LogP contribution in [0, 0.1) is 52.3 Å². The zero-order chi connectivity index (χ0) is 31.1. The molecule has 1 heterocycles. The molecule has 0 bridgehead atoms. The van der Waals surface area contributed by atoms with Crippen molar-refractivity contribution in [1.29, 1.82) is 0 Å². The Morgan fingerprint density at radius 1 is 1.02 bits per heavy atom. The highest BCUT2D eigenvalue weighted by Gasteiger charge is 2.60. The van der Waals surface area contributed by atoms with Gasteiger partial charge in [0, 0.05) is 30.1 Å². The second kappa shape index (κ2) is 13.1. The van der Waals surface area contributed by atoms with Crippen LogP contribution in [0.1, 0.15) is 111 Å². The summed E-state index contributed by atoms with van der Waals surface area (Å²) in [5.74, 6) is 4.49. The molecule has 2 aromatic rings. The van der Waals surface area contributed by atoms with E-state index in [-0.39, 0.29) is 17.9 Å². The van der Waals surface area contributed by atoms with E-state index in [9.17, 15) is 9.90 Å². The molecule has 6 rings (SSSR count). The molecular weight excluding hydrogens is 544 g/mol. The van der Waals surface area contributed by atoms with E-state index in [1.54, 1.807) is 0 Å². The van der Waals surface area contributed by atoms with Crippen LogP contribution in [0.25, 0.3) is 10.9 Å². The molecule has 0 radical (unpaired) electrons. The molecule has 0 saturated heterocycles. The average Bonchev–Trinajstić information content (AvgIpc) is 3.58. The monoisotopic (exact) mass is 604 g/mol. The molecule has 4 aliphatic rings. The third kappa shape index (κ3) is 6.01. The number of aromatic nitrogens is 1. The summed E-state index contributed by atoms with van der Waals surface area (Å²) in [6.07, 6.45) is 17.4. The predicted molar refractivity (Wildman–Crippen MR) is 179 cm³/mol. The summed E-state index contributed by atoms with van der Waals surface area (Å²) in [7, 11) is 0. The molecule has 11 atom stereocenters. The molecule has 244 valence electrons. The second-order valence-electron chi connectivity index (χ2n) is 16.3. The topological polar surface area (TPSA) is 74.3 Å². The van der Waals surface area contributed by atoms with Gasteiger partial charge in [-0.1, -0.05) is 58.7 Å². The van der Waals surface area contributed by atoms with E-state index in [4.69, 9.17) is 4.74 Å². The summed E-state index contributed by atoms with van der Waals surface area (Å²) < 4.78 is 5.32. The maximum Gasteiger partial charge on any atom is 0.302 e. The van der Waals surface area contributed by atoms with Crippen LogP contribution in [0.15, 0.2) is 30.5 Å². The van der Waals surface area contributed by atoms with Gasteiger partial charge in [-0.3, -0.25) is 4.79 Å². The van der Waals surface area contributed by atoms with E-state index in [1.807, 2.05) is 0 Å². The van der Waals surface area contributed by atoms with Gasteiger partial charge in [0.05, 0.1) is 12.7 Å². The summed E-state index contributed by atoms with van der Waals surface area (Å²) in [5.41, 5.74) is 3.45. The van der Waals surface area contributed by atoms with Gasteiger partial charge < -0.3 is 20.1 Å². The van der Waals surface area contributed by atoms with Crippen LogP contribution in [0.5, 0.6) is 0 Å². The fourth-order valence-corrected chi connectivity index (χ4v) is 11.7. The minimum atomic E-state index is -0.478. The minimum absolute atomic E-state index is 0.0184. The lowest BCUT2D eigenvalue weighted by atomic mass is 9.44. The molecular formula is C39H60N2O3. The maximum absolute atomic E-state index is 11.8. The Balaban J connectivity index is 1.18. The molecule has 5 heteroatoms. The number of hydrogen-bond acceptors (Lipinski definition) is 4. The summed E-state index contributed by atoms with van der Waals surface area (Å²) in [4.78, 5) is 14.9. The smallest absolute Gasteiger partial charge is 0.302 e. The molecule has 4 saturated carbocycles. The summed E-state index contributed by atoms with van der Waals surface area (Å²) in [6, 6.07) is 8.54. The molecule has 1 aromatic heterocycles. The van der Waals surface area contributed by atoms with Gasteiger partial charge in [-0.2, -0.15) is 0 Å². The second-order valence-corrected chi connectivity index (χ2v) is 16.3. The highest BCUT2D eigenvalue weighted by Crippen LogP contribution is 2.68. The average molecular weight is 605 g/mol. The van der Waals surface area contributed by atoms with Crippen molar-refractivity contribution in [2.45, 2.75) is 124 Å². The van der Waals surface area contributed by atoms with Gasteiger partial charge in [0.15, 0.2) is 0 Å². The van der Waals surface area contributed by atoms with Gasteiger partial charge in [0.1, 0.15) is 0 Å². The van der Waals surface area contributed by atoms with Gasteiger partial charge in [0.25, 0.3) is 0 Å². The number of aromatic amines is 1. The number of carbonyl (C=O) groups is 1. The number of ether oxygens (including phenoxy) is 1. The first-order valence-electron chi connectivity index (χ1n) is 18.2. The fraction of sp³-hybridized carbons (Fsp3) is 0.769. The third-order valence-corrected chi connectivity index (χ3v) is 13.9. The number of aliphatic hydroxyl groups is 1. The summed E-state index contributed by atoms with van der Waals surface area (Å²) >= 11 is 0. The molecule has 1 aromatic carbocycles. The van der Waals surface area contributed by atoms with Crippen molar-refractivity contribution in [3.05, 3.63) is 36.0 Å². The number of rotatable bonds is 11. The number of aliphatic hydroxyl groups excluding tert-OH is 1. The lowest BCUT2D eigenvalue weighted by Crippen LogP contribution is -2.55. The molecule has 0 aliphatic heterocycles. The zero-order valence-corrected chi connectivity index (χ0v) is 28.2. The van der Waals surface area contributed by atoms with Crippen molar-refractivity contribution in [1.82, 2.24) is 10.3 Å². The number of para-hydroxylation sites is 1. The Morgan fingerprint density at radius 3 is 2.64 bits per heavy atom. The standard InChI is InChI=1S/C39H60N2O3/c1-25(24-44-27(3)42)22-36(43)37(40-21-18-28-23-41-35-12-7-6-11-30(28)35)26(2)32-15-16-33-31-14-13-29-10-8-9-19-38(29,4)34(31)17-20-39(32,33)5/h6-7,11-12,23,25-26,29,31-34,36-37,40-41,43H,8-10,13-22,24H2,1-5H3/t25?,26-,29?,31-,32+,33-,34-,36?,37?,38-,39+/m0/s1. The van der Waals surface area contributed by atoms with E-state index in [0.29, 0.717) is 35.7 Å². The minimum Gasteiger partial charge on any atom is -0.466 e. The van der Waals surface area contributed by atoms with Crippen molar-refractivity contribution in [3.8, 4) is 0 Å². The van der Waals surface area contributed by atoms with Crippen LogP contribution in [0.3, 0.4) is 0 Å². The van der Waals surface area contributed by atoms with Gasteiger partial charge in [-0.15, -0.1) is 0 Å². The zero-order valence-electron chi connectivity index (χ0n) is 28.2. The molecule has 4 fully saturated rings. The first-order chi connectivity index (χ1) is 21.1. The van der Waals surface area contributed by atoms with Crippen molar-refractivity contribution >= 4 is 16.9 Å². The molecule has 4 aliphatic carbocycles. The number of nitrogens with one attached hydrogen (secondary N) is 2. The van der Waals surface area contributed by atoms with E-state index in [1.165, 1.54) is 87.6 Å². The Bertz CT molecular complexity index is 1270. The van der Waals surface area contributed by atoms with E-state index < -0.39 is 6.10 Å². The summed E-state index contributed by atoms with van der Waals surface area (Å²) in [6.45, 7) is 12.5.